The molecule has 0 aliphatic carbocycles. The number of amides is 2. The fraction of sp³-hybridized carbons (Fsp3) is 0.462. The second kappa shape index (κ2) is 12.1. The Bertz CT molecular complexity index is 939. The van der Waals surface area contributed by atoms with E-state index in [9.17, 15) is 9.59 Å². The maximum atomic E-state index is 13.0. The van der Waals surface area contributed by atoms with Crippen molar-refractivity contribution in [2.24, 2.45) is 0 Å². The van der Waals surface area contributed by atoms with Crippen LogP contribution in [0, 0.1) is 0 Å². The molecule has 3 rings (SSSR count). The van der Waals surface area contributed by atoms with Crippen LogP contribution in [0.25, 0.3) is 0 Å². The highest BCUT2D eigenvalue weighted by Crippen LogP contribution is 2.31. The summed E-state index contributed by atoms with van der Waals surface area (Å²) in [6.07, 6.45) is 3.18. The number of nitrogens with one attached hydrogen (secondary N) is 2. The van der Waals surface area contributed by atoms with Gasteiger partial charge >= 0.3 is 0 Å². The van der Waals surface area contributed by atoms with Crippen LogP contribution in [-0.2, 0) is 4.79 Å². The van der Waals surface area contributed by atoms with Crippen LogP contribution in [0.3, 0.4) is 0 Å². The number of methoxy groups -OCH3 is 1. The van der Waals surface area contributed by atoms with Crippen LogP contribution < -0.4 is 25.2 Å². The molecule has 178 valence electrons. The third-order valence-corrected chi connectivity index (χ3v) is 5.86. The third-order valence-electron chi connectivity index (χ3n) is 5.86. The van der Waals surface area contributed by atoms with Gasteiger partial charge in [-0.1, -0.05) is 32.4 Å². The van der Waals surface area contributed by atoms with Gasteiger partial charge in [-0.15, -0.1) is 0 Å². The van der Waals surface area contributed by atoms with Crippen molar-refractivity contribution < 1.29 is 14.3 Å². The van der Waals surface area contributed by atoms with Crippen molar-refractivity contribution >= 4 is 28.9 Å². The Morgan fingerprint density at radius 1 is 0.939 bits per heavy atom. The zero-order chi connectivity index (χ0) is 23.6. The number of benzene rings is 2. The lowest BCUT2D eigenvalue weighted by molar-refractivity contribution is -0.116. The average molecular weight is 453 g/mol. The van der Waals surface area contributed by atoms with Crippen molar-refractivity contribution in [2.75, 3.05) is 55.0 Å². The molecule has 0 aromatic heterocycles. The van der Waals surface area contributed by atoms with Gasteiger partial charge in [0.1, 0.15) is 5.75 Å². The largest absolute Gasteiger partial charge is 0.495 e. The summed E-state index contributed by atoms with van der Waals surface area (Å²) in [6, 6.07) is 13.7. The average Bonchev–Trinajstić information content (AvgIpc) is 2.86. The number of piperazine rings is 1. The van der Waals surface area contributed by atoms with Crippen molar-refractivity contribution in [3.63, 3.8) is 0 Å². The number of carbonyl (C=O) groups is 2. The lowest BCUT2D eigenvalue weighted by Gasteiger charge is -2.38. The van der Waals surface area contributed by atoms with Crippen LogP contribution in [0.4, 0.5) is 17.1 Å². The fourth-order valence-electron chi connectivity index (χ4n) is 4.05. The first kappa shape index (κ1) is 24.4. The van der Waals surface area contributed by atoms with E-state index in [1.165, 1.54) is 0 Å². The van der Waals surface area contributed by atoms with E-state index in [2.05, 4.69) is 33.4 Å². The minimum absolute atomic E-state index is 0.0186. The standard InChI is InChI=1S/C26H36N4O3/c1-4-6-11-25(31)28-20-12-13-22(21(19-20)26(32)27-14-5-2)29-15-17-30(18-16-29)23-9-7-8-10-24(23)33-3/h7-10,12-13,19H,4-6,11,14-18H2,1-3H3,(H,27,32)(H,28,31). The molecule has 33 heavy (non-hydrogen) atoms. The maximum Gasteiger partial charge on any atom is 0.253 e. The molecule has 0 radical (unpaired) electrons. The van der Waals surface area contributed by atoms with E-state index in [1.807, 2.05) is 37.3 Å². The van der Waals surface area contributed by atoms with E-state index in [1.54, 1.807) is 13.2 Å². The summed E-state index contributed by atoms with van der Waals surface area (Å²) in [5.41, 5.74) is 3.25. The molecular formula is C26H36N4O3. The number of hydrogen-bond acceptors (Lipinski definition) is 5. The second-order valence-corrected chi connectivity index (χ2v) is 8.29. The number of unbranched alkanes of at least 4 members (excludes halogenated alkanes) is 1. The molecule has 2 N–H and O–H groups in total. The minimum atomic E-state index is -0.108. The first-order chi connectivity index (χ1) is 16.1. The Hall–Kier alpha value is -3.22. The first-order valence-corrected chi connectivity index (χ1v) is 11.9. The Kier molecular flexibility index (Phi) is 8.98. The Morgan fingerprint density at radius 2 is 1.64 bits per heavy atom. The van der Waals surface area contributed by atoms with Crippen LogP contribution in [0.2, 0.25) is 0 Å². The maximum absolute atomic E-state index is 13.0. The van der Waals surface area contributed by atoms with E-state index in [4.69, 9.17) is 4.74 Å². The number of nitrogens with zero attached hydrogens (tertiary/aromatic N) is 2. The lowest BCUT2D eigenvalue weighted by atomic mass is 10.1. The predicted octanol–water partition coefficient (Wildman–Crippen LogP) is 4.29. The second-order valence-electron chi connectivity index (χ2n) is 8.29. The number of carbonyl (C=O) groups excluding carboxylic acids is 2. The molecule has 1 aliphatic heterocycles. The van der Waals surface area contributed by atoms with Gasteiger partial charge < -0.3 is 25.2 Å². The predicted molar refractivity (Wildman–Crippen MR) is 135 cm³/mol. The van der Waals surface area contributed by atoms with Gasteiger partial charge in [0.2, 0.25) is 5.91 Å². The SMILES string of the molecule is CCCCC(=O)Nc1ccc(N2CCN(c3ccccc3OC)CC2)c(C(=O)NCCC)c1. The smallest absolute Gasteiger partial charge is 0.253 e. The highest BCUT2D eigenvalue weighted by molar-refractivity contribution is 6.02. The molecule has 2 aromatic rings. The molecule has 0 spiro atoms. The number of rotatable bonds is 10. The van der Waals surface area contributed by atoms with Gasteiger partial charge in [0, 0.05) is 50.5 Å². The molecule has 7 nitrogen and oxygen atoms in total. The quantitative estimate of drug-likeness (QED) is 0.563. The highest BCUT2D eigenvalue weighted by Gasteiger charge is 2.23. The molecule has 0 bridgehead atoms. The van der Waals surface area contributed by atoms with Gasteiger partial charge in [0.05, 0.1) is 18.4 Å². The molecule has 7 heteroatoms. The molecule has 2 aromatic carbocycles. The number of hydrogen-bond donors (Lipinski definition) is 2. The summed E-state index contributed by atoms with van der Waals surface area (Å²) in [5, 5.41) is 5.93. The molecule has 1 aliphatic rings. The van der Waals surface area contributed by atoms with Crippen molar-refractivity contribution in [2.45, 2.75) is 39.5 Å². The summed E-state index contributed by atoms with van der Waals surface area (Å²) in [7, 11) is 1.69. The van der Waals surface area contributed by atoms with Gasteiger partial charge in [0.15, 0.2) is 0 Å². The molecule has 1 fully saturated rings. The summed E-state index contributed by atoms with van der Waals surface area (Å²) in [6.45, 7) is 7.93. The van der Waals surface area contributed by atoms with E-state index >= 15 is 0 Å². The van der Waals surface area contributed by atoms with Crippen molar-refractivity contribution in [3.8, 4) is 5.75 Å². The van der Waals surface area contributed by atoms with Crippen LogP contribution in [0.5, 0.6) is 5.75 Å². The Balaban J connectivity index is 1.77. The Labute approximate surface area is 197 Å². The topological polar surface area (TPSA) is 73.9 Å². The van der Waals surface area contributed by atoms with E-state index in [0.717, 1.165) is 62.6 Å². The number of para-hydroxylation sites is 2. The molecule has 0 atom stereocenters. The summed E-state index contributed by atoms with van der Waals surface area (Å²) in [4.78, 5) is 29.7. The lowest BCUT2D eigenvalue weighted by Crippen LogP contribution is -2.47. The zero-order valence-electron chi connectivity index (χ0n) is 20.0. The van der Waals surface area contributed by atoms with Gasteiger partial charge in [-0.2, -0.15) is 0 Å². The summed E-state index contributed by atoms with van der Waals surface area (Å²) in [5.74, 6) is 0.743. The molecule has 1 saturated heterocycles. The molecular weight excluding hydrogens is 416 g/mol. The van der Waals surface area contributed by atoms with E-state index in [-0.39, 0.29) is 11.8 Å². The molecule has 0 unspecified atom stereocenters. The van der Waals surface area contributed by atoms with Crippen LogP contribution >= 0.6 is 0 Å². The molecule has 0 saturated carbocycles. The molecule has 2 amide bonds. The van der Waals surface area contributed by atoms with Gasteiger partial charge in [-0.25, -0.2) is 0 Å². The first-order valence-electron chi connectivity index (χ1n) is 11.9. The molecule has 1 heterocycles. The number of anilines is 3. The van der Waals surface area contributed by atoms with Crippen LogP contribution in [0.1, 0.15) is 49.9 Å². The monoisotopic (exact) mass is 452 g/mol. The summed E-state index contributed by atoms with van der Waals surface area (Å²) >= 11 is 0. The van der Waals surface area contributed by atoms with Crippen LogP contribution in [-0.4, -0.2) is 51.6 Å². The van der Waals surface area contributed by atoms with Crippen LogP contribution in [0.15, 0.2) is 42.5 Å². The van der Waals surface area contributed by atoms with E-state index in [0.29, 0.717) is 24.2 Å². The van der Waals surface area contributed by atoms with Gasteiger partial charge in [-0.05, 0) is 43.2 Å². The highest BCUT2D eigenvalue weighted by atomic mass is 16.5. The minimum Gasteiger partial charge on any atom is -0.495 e. The van der Waals surface area contributed by atoms with Crippen molar-refractivity contribution in [1.82, 2.24) is 5.32 Å². The normalized spacial score (nSPS) is 13.5. The summed E-state index contributed by atoms with van der Waals surface area (Å²) < 4.78 is 5.52. The number of ether oxygens (including phenoxy) is 1. The third kappa shape index (κ3) is 6.40. The van der Waals surface area contributed by atoms with Crippen molar-refractivity contribution in [3.05, 3.63) is 48.0 Å². The Morgan fingerprint density at radius 3 is 2.30 bits per heavy atom. The van der Waals surface area contributed by atoms with E-state index < -0.39 is 0 Å². The van der Waals surface area contributed by atoms with Gasteiger partial charge in [0.25, 0.3) is 5.91 Å². The van der Waals surface area contributed by atoms with Gasteiger partial charge in [-0.3, -0.25) is 9.59 Å². The zero-order valence-corrected chi connectivity index (χ0v) is 20.0. The fourth-order valence-corrected chi connectivity index (χ4v) is 4.05. The van der Waals surface area contributed by atoms with Crippen molar-refractivity contribution in [1.29, 1.82) is 0 Å².